The number of fused-ring (bicyclic) bond motifs is 2. The van der Waals surface area contributed by atoms with Gasteiger partial charge in [0.15, 0.2) is 0 Å². The summed E-state index contributed by atoms with van der Waals surface area (Å²) in [4.78, 5) is 8.58. The number of aliphatic hydroxyl groups is 1. The van der Waals surface area contributed by atoms with Crippen LogP contribution in [0.15, 0.2) is 122 Å². The van der Waals surface area contributed by atoms with Crippen molar-refractivity contribution in [3.8, 4) is 28.6 Å². The molecule has 0 saturated carbocycles. The molecule has 10 heteroatoms. The van der Waals surface area contributed by atoms with E-state index in [4.69, 9.17) is 5.26 Å². The van der Waals surface area contributed by atoms with Crippen LogP contribution in [-0.4, -0.2) is 24.2 Å². The van der Waals surface area contributed by atoms with Crippen LogP contribution in [0.25, 0.3) is 44.6 Å². The predicted octanol–water partition coefficient (Wildman–Crippen LogP) is 8.71. The summed E-state index contributed by atoms with van der Waals surface area (Å²) in [6, 6.07) is 34.3. The largest absolute Gasteiger partial charge is 0.416 e. The molecule has 0 saturated heterocycles. The van der Waals surface area contributed by atoms with Gasteiger partial charge in [-0.1, -0.05) is 54.6 Å². The Morgan fingerprint density at radius 2 is 1.33 bits per heavy atom. The van der Waals surface area contributed by atoms with Gasteiger partial charge in [0.25, 0.3) is 0 Å². The smallest absolute Gasteiger partial charge is 0.392 e. The molecule has 0 aliphatic rings. The Labute approximate surface area is 269 Å². The number of benzene rings is 5. The number of aliphatic hydroxyl groups excluding tert-OH is 1. The van der Waals surface area contributed by atoms with Crippen LogP contribution in [0, 0.1) is 14.9 Å². The van der Waals surface area contributed by atoms with Crippen molar-refractivity contribution in [3.63, 3.8) is 0 Å². The summed E-state index contributed by atoms with van der Waals surface area (Å²) in [5, 5.41) is 18.4. The lowest BCUT2D eigenvalue weighted by Crippen LogP contribution is -2.05. The normalized spacial score (nSPS) is 11.3. The van der Waals surface area contributed by atoms with Crippen LogP contribution in [0.4, 0.5) is 13.2 Å². The third-order valence-electron chi connectivity index (χ3n) is 7.19. The molecule has 222 valence electrons. The number of nitrogens with zero attached hydrogens (tertiary/aromatic N) is 5. The van der Waals surface area contributed by atoms with E-state index in [-0.39, 0.29) is 12.1 Å². The van der Waals surface area contributed by atoms with Crippen molar-refractivity contribution in [1.29, 1.82) is 5.26 Å². The van der Waals surface area contributed by atoms with Crippen molar-refractivity contribution < 1.29 is 18.3 Å². The van der Waals surface area contributed by atoms with Crippen molar-refractivity contribution in [3.05, 3.63) is 142 Å². The zero-order valence-corrected chi connectivity index (χ0v) is 25.6. The average molecular weight is 714 g/mol. The highest BCUT2D eigenvalue weighted by Gasteiger charge is 2.32. The van der Waals surface area contributed by atoms with Crippen LogP contribution in [0.5, 0.6) is 0 Å². The van der Waals surface area contributed by atoms with Crippen molar-refractivity contribution >= 4 is 44.7 Å². The van der Waals surface area contributed by atoms with Gasteiger partial charge >= 0.3 is 6.18 Å². The molecule has 1 N–H and O–H groups in total. The number of nitriles is 1. The van der Waals surface area contributed by atoms with E-state index in [0.717, 1.165) is 38.1 Å². The van der Waals surface area contributed by atoms with Crippen LogP contribution < -0.4 is 0 Å². The second-order valence-corrected chi connectivity index (χ2v) is 11.2. The first-order valence-corrected chi connectivity index (χ1v) is 14.8. The van der Waals surface area contributed by atoms with E-state index in [2.05, 4.69) is 38.6 Å². The lowest BCUT2D eigenvalue weighted by molar-refractivity contribution is -0.137. The Morgan fingerprint density at radius 1 is 0.733 bits per heavy atom. The minimum atomic E-state index is -4.48. The number of imidazole rings is 2. The monoisotopic (exact) mass is 713 g/mol. The van der Waals surface area contributed by atoms with E-state index in [1.54, 1.807) is 35.2 Å². The van der Waals surface area contributed by atoms with Gasteiger partial charge in [0.2, 0.25) is 0 Å². The number of hydrogen-bond donors (Lipinski definition) is 1. The molecule has 45 heavy (non-hydrogen) atoms. The highest BCUT2D eigenvalue weighted by atomic mass is 127. The standard InChI is InChI=1S/C21H15F3N2O.C14H8IN3/c22-21(23,24)16-10-18(15-6-4-5-14(9-15)12-27)20-19(11-16)25-13-26(20)17-7-2-1-3-8-17;15-12-6-10(8-16)7-13-14(12)18(9-17-13)11-4-2-1-3-5-11/h1-11,13,27H,12H2;1-7,9H. The fourth-order valence-electron chi connectivity index (χ4n) is 5.10. The van der Waals surface area contributed by atoms with Crippen LogP contribution in [0.1, 0.15) is 16.7 Å². The van der Waals surface area contributed by atoms with Gasteiger partial charge in [0, 0.05) is 20.5 Å². The summed E-state index contributed by atoms with van der Waals surface area (Å²) >= 11 is 2.24. The molecular weight excluding hydrogens is 690 g/mol. The fourth-order valence-corrected chi connectivity index (χ4v) is 5.97. The predicted molar refractivity (Wildman–Crippen MR) is 176 cm³/mol. The van der Waals surface area contributed by atoms with E-state index >= 15 is 0 Å². The Morgan fingerprint density at radius 3 is 1.91 bits per heavy atom. The maximum Gasteiger partial charge on any atom is 0.416 e. The Hall–Kier alpha value is -4.99. The van der Waals surface area contributed by atoms with E-state index in [1.165, 1.54) is 6.33 Å². The second-order valence-electron chi connectivity index (χ2n) is 10.1. The van der Waals surface area contributed by atoms with E-state index in [0.29, 0.717) is 27.8 Å². The Bertz CT molecular complexity index is 2170. The van der Waals surface area contributed by atoms with Crippen molar-refractivity contribution in [2.75, 3.05) is 0 Å². The molecule has 0 radical (unpaired) electrons. The highest BCUT2D eigenvalue weighted by Crippen LogP contribution is 2.38. The van der Waals surface area contributed by atoms with E-state index < -0.39 is 11.7 Å². The zero-order valence-electron chi connectivity index (χ0n) is 23.4. The molecule has 2 heterocycles. The Balaban J connectivity index is 0.000000172. The Kier molecular flexibility index (Phi) is 8.38. The zero-order chi connectivity index (χ0) is 31.6. The lowest BCUT2D eigenvalue weighted by atomic mass is 9.99. The number of aromatic nitrogens is 4. The van der Waals surface area contributed by atoms with Crippen LogP contribution in [0.3, 0.4) is 0 Å². The van der Waals surface area contributed by atoms with Crippen LogP contribution in [0.2, 0.25) is 0 Å². The highest BCUT2D eigenvalue weighted by molar-refractivity contribution is 14.1. The fraction of sp³-hybridized carbons (Fsp3) is 0.0571. The molecule has 7 rings (SSSR count). The number of alkyl halides is 3. The second kappa shape index (κ2) is 12.6. The molecule has 5 aromatic carbocycles. The van der Waals surface area contributed by atoms with Crippen molar-refractivity contribution in [2.45, 2.75) is 12.8 Å². The maximum atomic E-state index is 13.4. The first kappa shape index (κ1) is 30.1. The quantitative estimate of drug-likeness (QED) is 0.185. The molecule has 0 fully saturated rings. The van der Waals surface area contributed by atoms with Gasteiger partial charge in [0.05, 0.1) is 45.9 Å². The topological polar surface area (TPSA) is 79.7 Å². The third kappa shape index (κ3) is 6.18. The maximum absolute atomic E-state index is 13.4. The van der Waals surface area contributed by atoms with Crippen LogP contribution >= 0.6 is 22.6 Å². The first-order chi connectivity index (χ1) is 21.8. The number of rotatable bonds is 4. The summed E-state index contributed by atoms with van der Waals surface area (Å²) in [7, 11) is 0. The van der Waals surface area contributed by atoms with Gasteiger partial charge in [-0.2, -0.15) is 18.4 Å². The number of hydrogen-bond acceptors (Lipinski definition) is 4. The van der Waals surface area contributed by atoms with Gasteiger partial charge < -0.3 is 5.11 Å². The molecule has 0 atom stereocenters. The van der Waals surface area contributed by atoms with Gasteiger partial charge in [-0.05, 0) is 88.3 Å². The molecule has 0 aliphatic heterocycles. The average Bonchev–Trinajstić information content (AvgIpc) is 3.70. The molecule has 7 aromatic rings. The molecular formula is C35H23F3IN5O. The summed E-state index contributed by atoms with van der Waals surface area (Å²) in [5.74, 6) is 0. The molecule has 0 aliphatic carbocycles. The molecule has 0 amide bonds. The molecule has 0 unspecified atom stereocenters. The van der Waals surface area contributed by atoms with Crippen molar-refractivity contribution in [2.24, 2.45) is 0 Å². The molecule has 0 spiro atoms. The minimum absolute atomic E-state index is 0.187. The van der Waals surface area contributed by atoms with E-state index in [9.17, 15) is 18.3 Å². The number of halogens is 4. The summed E-state index contributed by atoms with van der Waals surface area (Å²) in [6.07, 6.45) is -1.16. The SMILES string of the molecule is N#Cc1cc(I)c2c(c1)ncn2-c1ccccc1.OCc1cccc(-c2cc(C(F)(F)F)cc3ncn(-c4ccccc4)c23)c1. The van der Waals surface area contributed by atoms with Crippen molar-refractivity contribution in [1.82, 2.24) is 19.1 Å². The third-order valence-corrected chi connectivity index (χ3v) is 8.01. The summed E-state index contributed by atoms with van der Waals surface area (Å²) in [5.41, 5.74) is 6.14. The molecule has 0 bridgehead atoms. The molecule has 2 aromatic heterocycles. The van der Waals surface area contributed by atoms with Gasteiger partial charge in [-0.3, -0.25) is 9.13 Å². The minimum Gasteiger partial charge on any atom is -0.392 e. The lowest BCUT2D eigenvalue weighted by Gasteiger charge is -2.13. The van der Waals surface area contributed by atoms with E-state index in [1.807, 2.05) is 77.4 Å². The first-order valence-electron chi connectivity index (χ1n) is 13.7. The number of para-hydroxylation sites is 2. The van der Waals surface area contributed by atoms with Gasteiger partial charge in [-0.25, -0.2) is 9.97 Å². The van der Waals surface area contributed by atoms with Crippen LogP contribution in [-0.2, 0) is 12.8 Å². The summed E-state index contributed by atoms with van der Waals surface area (Å²) in [6.45, 7) is -0.187. The summed E-state index contributed by atoms with van der Waals surface area (Å²) < 4.78 is 45.1. The molecule has 6 nitrogen and oxygen atoms in total. The van der Waals surface area contributed by atoms with Gasteiger partial charge in [0.1, 0.15) is 12.7 Å². The van der Waals surface area contributed by atoms with Gasteiger partial charge in [-0.15, -0.1) is 0 Å².